The topological polar surface area (TPSA) is 75.2 Å². The molecule has 0 bridgehead atoms. The van der Waals surface area contributed by atoms with Gasteiger partial charge < -0.3 is 4.90 Å². The summed E-state index contributed by atoms with van der Waals surface area (Å²) in [5.74, 6) is 0.682. The molecule has 1 aromatic heterocycles. The van der Waals surface area contributed by atoms with E-state index in [1.807, 2.05) is 0 Å². The maximum Gasteiger partial charge on any atom is 0.235 e. The lowest BCUT2D eigenvalue weighted by Gasteiger charge is -2.14. The van der Waals surface area contributed by atoms with E-state index >= 15 is 0 Å². The third kappa shape index (κ3) is 2.40. The molecule has 6 nitrogen and oxygen atoms in total. The van der Waals surface area contributed by atoms with Crippen LogP contribution in [0.25, 0.3) is 0 Å². The summed E-state index contributed by atoms with van der Waals surface area (Å²) in [6.45, 7) is 1.96. The summed E-state index contributed by atoms with van der Waals surface area (Å²) in [6.07, 6.45) is 6.92. The minimum Gasteiger partial charge on any atom is -0.341 e. The highest BCUT2D eigenvalue weighted by Gasteiger charge is 2.35. The van der Waals surface area contributed by atoms with Gasteiger partial charge in [-0.15, -0.1) is 0 Å². The van der Waals surface area contributed by atoms with E-state index in [1.165, 1.54) is 12.8 Å². The molecule has 0 atom stereocenters. The first kappa shape index (κ1) is 11.7. The Labute approximate surface area is 106 Å². The third-order valence-electron chi connectivity index (χ3n) is 3.25. The summed E-state index contributed by atoms with van der Waals surface area (Å²) in [5.41, 5.74) is 0.449. The molecule has 1 saturated heterocycles. The molecule has 1 saturated carbocycles. The highest BCUT2D eigenvalue weighted by atomic mass is 32.2. The Bertz CT molecular complexity index is 518. The molecule has 2 fully saturated rings. The van der Waals surface area contributed by atoms with Crippen LogP contribution >= 0.6 is 0 Å². The molecule has 18 heavy (non-hydrogen) atoms. The zero-order valence-corrected chi connectivity index (χ0v) is 10.9. The van der Waals surface area contributed by atoms with Gasteiger partial charge in [-0.25, -0.2) is 18.4 Å². The standard InChI is InChI=1S/C11H16N4O2S/c16-18(17,10-3-4-10)14-9-7-12-11(13-8-9)15-5-1-2-6-15/h7-8,10,14H,1-6H2. The number of hydrogen-bond donors (Lipinski definition) is 1. The molecule has 0 amide bonds. The van der Waals surface area contributed by atoms with Crippen molar-refractivity contribution in [2.24, 2.45) is 0 Å². The van der Waals surface area contributed by atoms with Gasteiger partial charge in [0.2, 0.25) is 16.0 Å². The quantitative estimate of drug-likeness (QED) is 0.881. The molecule has 2 heterocycles. The van der Waals surface area contributed by atoms with Crippen LogP contribution in [0, 0.1) is 0 Å². The van der Waals surface area contributed by atoms with Crippen molar-refractivity contribution in [1.82, 2.24) is 9.97 Å². The fourth-order valence-corrected chi connectivity index (χ4v) is 3.44. The van der Waals surface area contributed by atoms with E-state index in [0.717, 1.165) is 25.9 Å². The normalized spacial score (nSPS) is 20.1. The average molecular weight is 268 g/mol. The average Bonchev–Trinajstić information content (AvgIpc) is 3.08. The zero-order chi connectivity index (χ0) is 12.6. The molecule has 3 rings (SSSR count). The van der Waals surface area contributed by atoms with Crippen LogP contribution in [0.4, 0.5) is 11.6 Å². The smallest absolute Gasteiger partial charge is 0.235 e. The minimum atomic E-state index is -3.22. The number of hydrogen-bond acceptors (Lipinski definition) is 5. The fourth-order valence-electron chi connectivity index (χ4n) is 2.08. The van der Waals surface area contributed by atoms with Gasteiger partial charge in [-0.3, -0.25) is 4.72 Å². The number of aromatic nitrogens is 2. The molecule has 0 aromatic carbocycles. The van der Waals surface area contributed by atoms with E-state index in [4.69, 9.17) is 0 Å². The second-order valence-corrected chi connectivity index (χ2v) is 6.77. The lowest BCUT2D eigenvalue weighted by atomic mass is 10.4. The van der Waals surface area contributed by atoms with Crippen LogP contribution in [0.15, 0.2) is 12.4 Å². The molecule has 0 spiro atoms. The van der Waals surface area contributed by atoms with E-state index in [1.54, 1.807) is 12.4 Å². The minimum absolute atomic E-state index is 0.226. The van der Waals surface area contributed by atoms with Crippen molar-refractivity contribution in [2.75, 3.05) is 22.7 Å². The summed E-state index contributed by atoms with van der Waals surface area (Å²) < 4.78 is 26.0. The number of sulfonamides is 1. The molecule has 2 aliphatic rings. The maximum absolute atomic E-state index is 11.7. The van der Waals surface area contributed by atoms with Gasteiger partial charge in [0.15, 0.2) is 0 Å². The first-order valence-electron chi connectivity index (χ1n) is 6.24. The second kappa shape index (κ2) is 4.38. The van der Waals surface area contributed by atoms with Gasteiger partial charge in [-0.2, -0.15) is 0 Å². The second-order valence-electron chi connectivity index (χ2n) is 4.81. The largest absolute Gasteiger partial charge is 0.341 e. The van der Waals surface area contributed by atoms with Crippen LogP contribution in [-0.2, 0) is 10.0 Å². The van der Waals surface area contributed by atoms with Crippen LogP contribution < -0.4 is 9.62 Å². The van der Waals surface area contributed by atoms with Crippen molar-refractivity contribution in [1.29, 1.82) is 0 Å². The molecule has 1 aliphatic carbocycles. The molecular formula is C11H16N4O2S. The van der Waals surface area contributed by atoms with Crippen LogP contribution in [0.2, 0.25) is 0 Å². The summed E-state index contributed by atoms with van der Waals surface area (Å²) in [5, 5.41) is -0.226. The van der Waals surface area contributed by atoms with Crippen molar-refractivity contribution in [3.63, 3.8) is 0 Å². The number of rotatable bonds is 4. The Kier molecular flexibility index (Phi) is 2.85. The zero-order valence-electron chi connectivity index (χ0n) is 10.0. The first-order chi connectivity index (χ1) is 8.65. The van der Waals surface area contributed by atoms with Crippen molar-refractivity contribution >= 4 is 21.7 Å². The van der Waals surface area contributed by atoms with E-state index in [0.29, 0.717) is 11.6 Å². The highest BCUT2D eigenvalue weighted by molar-refractivity contribution is 7.93. The number of nitrogens with one attached hydrogen (secondary N) is 1. The molecular weight excluding hydrogens is 252 g/mol. The van der Waals surface area contributed by atoms with Crippen LogP contribution in [-0.4, -0.2) is 36.7 Å². The van der Waals surface area contributed by atoms with Crippen molar-refractivity contribution < 1.29 is 8.42 Å². The van der Waals surface area contributed by atoms with Gasteiger partial charge in [-0.05, 0) is 25.7 Å². The van der Waals surface area contributed by atoms with Crippen LogP contribution in [0.3, 0.4) is 0 Å². The highest BCUT2D eigenvalue weighted by Crippen LogP contribution is 2.29. The molecule has 0 radical (unpaired) electrons. The fraction of sp³-hybridized carbons (Fsp3) is 0.636. The van der Waals surface area contributed by atoms with Crippen molar-refractivity contribution in [3.05, 3.63) is 12.4 Å². The van der Waals surface area contributed by atoms with Gasteiger partial charge in [0.05, 0.1) is 23.3 Å². The Morgan fingerprint density at radius 2 is 1.78 bits per heavy atom. The molecule has 1 aliphatic heterocycles. The van der Waals surface area contributed by atoms with Gasteiger partial charge in [0, 0.05) is 13.1 Å². The monoisotopic (exact) mass is 268 g/mol. The molecule has 1 aromatic rings. The summed E-state index contributed by atoms with van der Waals surface area (Å²) in [6, 6.07) is 0. The molecule has 0 unspecified atom stereocenters. The van der Waals surface area contributed by atoms with E-state index in [9.17, 15) is 8.42 Å². The van der Waals surface area contributed by atoms with Crippen molar-refractivity contribution in [3.8, 4) is 0 Å². The molecule has 7 heteroatoms. The summed E-state index contributed by atoms with van der Waals surface area (Å²) in [4.78, 5) is 10.5. The Morgan fingerprint density at radius 1 is 1.17 bits per heavy atom. The van der Waals surface area contributed by atoms with Crippen LogP contribution in [0.5, 0.6) is 0 Å². The maximum atomic E-state index is 11.7. The Morgan fingerprint density at radius 3 is 2.33 bits per heavy atom. The predicted octanol–water partition coefficient (Wildman–Crippen LogP) is 0.981. The van der Waals surface area contributed by atoms with Gasteiger partial charge >= 0.3 is 0 Å². The van der Waals surface area contributed by atoms with Crippen molar-refractivity contribution in [2.45, 2.75) is 30.9 Å². The molecule has 98 valence electrons. The third-order valence-corrected chi connectivity index (χ3v) is 5.12. The van der Waals surface area contributed by atoms with E-state index < -0.39 is 10.0 Å². The SMILES string of the molecule is O=S(=O)(Nc1cnc(N2CCCC2)nc1)C1CC1. The lowest BCUT2D eigenvalue weighted by molar-refractivity contribution is 0.600. The predicted molar refractivity (Wildman–Crippen MR) is 69.0 cm³/mol. The Balaban J connectivity index is 1.70. The lowest BCUT2D eigenvalue weighted by Crippen LogP contribution is -2.21. The summed E-state index contributed by atoms with van der Waals surface area (Å²) in [7, 11) is -3.22. The van der Waals surface area contributed by atoms with Gasteiger partial charge in [0.1, 0.15) is 0 Å². The number of anilines is 2. The Hall–Kier alpha value is -1.37. The van der Waals surface area contributed by atoms with Gasteiger partial charge in [0.25, 0.3) is 0 Å². The molecule has 1 N–H and O–H groups in total. The van der Waals surface area contributed by atoms with E-state index in [2.05, 4.69) is 19.6 Å². The van der Waals surface area contributed by atoms with E-state index in [-0.39, 0.29) is 5.25 Å². The van der Waals surface area contributed by atoms with Crippen LogP contribution in [0.1, 0.15) is 25.7 Å². The number of nitrogens with zero attached hydrogens (tertiary/aromatic N) is 3. The first-order valence-corrected chi connectivity index (χ1v) is 7.78. The summed E-state index contributed by atoms with van der Waals surface area (Å²) >= 11 is 0. The van der Waals surface area contributed by atoms with Gasteiger partial charge in [-0.1, -0.05) is 0 Å².